The van der Waals surface area contributed by atoms with Crippen molar-refractivity contribution < 1.29 is 4.74 Å². The van der Waals surface area contributed by atoms with Crippen molar-refractivity contribution in [3.63, 3.8) is 0 Å². The van der Waals surface area contributed by atoms with E-state index < -0.39 is 0 Å². The van der Waals surface area contributed by atoms with Gasteiger partial charge in [-0.3, -0.25) is 0 Å². The van der Waals surface area contributed by atoms with Crippen LogP contribution in [0.25, 0.3) is 17.8 Å². The van der Waals surface area contributed by atoms with E-state index >= 15 is 0 Å². The number of halogens is 1. The smallest absolute Gasteiger partial charge is 0.232 e. The Morgan fingerprint density at radius 3 is 2.69 bits per heavy atom. The van der Waals surface area contributed by atoms with Gasteiger partial charge in [0.15, 0.2) is 5.65 Å². The van der Waals surface area contributed by atoms with Crippen molar-refractivity contribution in [1.29, 1.82) is 0 Å². The van der Waals surface area contributed by atoms with Crippen LogP contribution in [0.3, 0.4) is 0 Å². The molecule has 0 aliphatic rings. The van der Waals surface area contributed by atoms with Gasteiger partial charge < -0.3 is 4.74 Å². The van der Waals surface area contributed by atoms with E-state index in [1.807, 2.05) is 78.9 Å². The molecule has 0 N–H and O–H groups in total. The number of fused-ring (bicyclic) bond motifs is 1. The third-order valence-corrected chi connectivity index (χ3v) is 4.12. The monoisotopic (exact) mass is 361 g/mol. The highest BCUT2D eigenvalue weighted by Gasteiger charge is 2.05. The van der Waals surface area contributed by atoms with Crippen molar-refractivity contribution in [2.24, 2.45) is 0 Å². The number of hydrogen-bond donors (Lipinski definition) is 0. The van der Waals surface area contributed by atoms with E-state index in [4.69, 9.17) is 16.3 Å². The van der Waals surface area contributed by atoms with Gasteiger partial charge in [-0.1, -0.05) is 60.1 Å². The summed E-state index contributed by atoms with van der Waals surface area (Å²) in [6.45, 7) is 0.406. The number of nitrogens with zero attached hydrogens (tertiary/aromatic N) is 3. The maximum atomic E-state index is 6.00. The average Bonchev–Trinajstić information content (AvgIpc) is 3.08. The first kappa shape index (κ1) is 16.4. The molecule has 2 aromatic heterocycles. The molecular weight excluding hydrogens is 346 g/mol. The van der Waals surface area contributed by atoms with Gasteiger partial charge in [-0.2, -0.15) is 0 Å². The number of hydrogen-bond acceptors (Lipinski definition) is 3. The second-order valence-electron chi connectivity index (χ2n) is 5.79. The number of rotatable bonds is 5. The Labute approximate surface area is 156 Å². The molecule has 0 atom stereocenters. The van der Waals surface area contributed by atoms with Gasteiger partial charge in [0, 0.05) is 11.1 Å². The van der Waals surface area contributed by atoms with Crippen molar-refractivity contribution in [3.8, 4) is 5.88 Å². The Hall–Kier alpha value is -3.11. The number of imidazole rings is 1. The molecule has 0 aliphatic carbocycles. The summed E-state index contributed by atoms with van der Waals surface area (Å²) < 4.78 is 7.57. The van der Waals surface area contributed by atoms with Crippen molar-refractivity contribution in [2.75, 3.05) is 0 Å². The number of ether oxygens (including phenoxy) is 1. The summed E-state index contributed by atoms with van der Waals surface area (Å²) in [4.78, 5) is 4.38. The molecule has 4 rings (SSSR count). The minimum absolute atomic E-state index is 0.406. The normalized spacial score (nSPS) is 11.3. The minimum atomic E-state index is 0.406. The van der Waals surface area contributed by atoms with E-state index in [0.717, 1.165) is 22.5 Å². The van der Waals surface area contributed by atoms with Crippen molar-refractivity contribution in [3.05, 3.63) is 94.8 Å². The molecule has 2 aromatic carbocycles. The van der Waals surface area contributed by atoms with Crippen LogP contribution in [-0.2, 0) is 6.61 Å². The fourth-order valence-electron chi connectivity index (χ4n) is 2.59. The van der Waals surface area contributed by atoms with Gasteiger partial charge in [-0.05, 0) is 35.4 Å². The van der Waals surface area contributed by atoms with E-state index in [2.05, 4.69) is 10.1 Å². The molecular formula is C21H16ClN3O. The summed E-state index contributed by atoms with van der Waals surface area (Å²) in [7, 11) is 0. The number of benzene rings is 2. The van der Waals surface area contributed by atoms with Crippen LogP contribution in [0.2, 0.25) is 5.02 Å². The lowest BCUT2D eigenvalue weighted by atomic mass is 10.2. The highest BCUT2D eigenvalue weighted by atomic mass is 35.5. The van der Waals surface area contributed by atoms with E-state index in [0.29, 0.717) is 17.5 Å². The van der Waals surface area contributed by atoms with Gasteiger partial charge in [0.05, 0.1) is 11.9 Å². The molecule has 5 heteroatoms. The van der Waals surface area contributed by atoms with Crippen LogP contribution in [0.15, 0.2) is 72.9 Å². The summed E-state index contributed by atoms with van der Waals surface area (Å²) in [5, 5.41) is 5.22. The van der Waals surface area contributed by atoms with Crippen LogP contribution in [0.1, 0.15) is 16.8 Å². The summed E-state index contributed by atoms with van der Waals surface area (Å²) in [6, 6.07) is 21.4. The molecule has 4 nitrogen and oxygen atoms in total. The molecule has 0 bridgehead atoms. The predicted octanol–water partition coefficient (Wildman–Crippen LogP) is 5.13. The van der Waals surface area contributed by atoms with Crippen LogP contribution >= 0.6 is 11.6 Å². The standard InChI is InChI=1S/C21H16ClN3O/c22-18-8-4-7-17(13-18)15-26-21-12-11-20-23-14-19(25(20)24-21)10-9-16-5-2-1-3-6-16/h1-14H,15H2. The second kappa shape index (κ2) is 7.42. The van der Waals surface area contributed by atoms with Crippen LogP contribution in [0.4, 0.5) is 0 Å². The molecule has 128 valence electrons. The fourth-order valence-corrected chi connectivity index (χ4v) is 2.81. The number of aromatic nitrogens is 3. The maximum Gasteiger partial charge on any atom is 0.232 e. The van der Waals surface area contributed by atoms with Crippen LogP contribution in [0, 0.1) is 0 Å². The second-order valence-corrected chi connectivity index (χ2v) is 6.22. The average molecular weight is 362 g/mol. The first-order valence-electron chi connectivity index (χ1n) is 8.23. The molecule has 2 heterocycles. The highest BCUT2D eigenvalue weighted by Crippen LogP contribution is 2.16. The first-order valence-corrected chi connectivity index (χ1v) is 8.61. The quantitative estimate of drug-likeness (QED) is 0.494. The van der Waals surface area contributed by atoms with E-state index in [1.165, 1.54) is 0 Å². The third-order valence-electron chi connectivity index (χ3n) is 3.89. The van der Waals surface area contributed by atoms with Gasteiger partial charge in [0.2, 0.25) is 5.88 Å². The van der Waals surface area contributed by atoms with Gasteiger partial charge in [0.25, 0.3) is 0 Å². The SMILES string of the molecule is Clc1cccc(COc2ccc3ncc(C=Cc4ccccc4)n3n2)c1. The van der Waals surface area contributed by atoms with Gasteiger partial charge in [-0.15, -0.1) is 5.10 Å². The van der Waals surface area contributed by atoms with E-state index in [9.17, 15) is 0 Å². The van der Waals surface area contributed by atoms with E-state index in [1.54, 1.807) is 10.7 Å². The van der Waals surface area contributed by atoms with Crippen LogP contribution in [-0.4, -0.2) is 14.6 Å². The van der Waals surface area contributed by atoms with Gasteiger partial charge in [0.1, 0.15) is 6.61 Å². The van der Waals surface area contributed by atoms with Crippen molar-refractivity contribution >= 4 is 29.4 Å². The Morgan fingerprint density at radius 2 is 1.85 bits per heavy atom. The van der Waals surface area contributed by atoms with Crippen molar-refractivity contribution in [2.45, 2.75) is 6.61 Å². The minimum Gasteiger partial charge on any atom is -0.472 e. The molecule has 0 aliphatic heterocycles. The topological polar surface area (TPSA) is 39.4 Å². The Kier molecular flexibility index (Phi) is 4.67. The van der Waals surface area contributed by atoms with Crippen LogP contribution < -0.4 is 4.74 Å². The van der Waals surface area contributed by atoms with Crippen LogP contribution in [0.5, 0.6) is 5.88 Å². The molecule has 0 spiro atoms. The third kappa shape index (κ3) is 3.76. The first-order chi connectivity index (χ1) is 12.8. The molecule has 0 saturated heterocycles. The van der Waals surface area contributed by atoms with Crippen molar-refractivity contribution in [1.82, 2.24) is 14.6 Å². The Balaban J connectivity index is 1.55. The lowest BCUT2D eigenvalue weighted by Gasteiger charge is -2.06. The molecule has 0 amide bonds. The Morgan fingerprint density at radius 1 is 0.962 bits per heavy atom. The zero-order chi connectivity index (χ0) is 17.8. The maximum absolute atomic E-state index is 6.00. The van der Waals surface area contributed by atoms with E-state index in [-0.39, 0.29) is 0 Å². The predicted molar refractivity (Wildman–Crippen MR) is 104 cm³/mol. The zero-order valence-corrected chi connectivity index (χ0v) is 14.7. The highest BCUT2D eigenvalue weighted by molar-refractivity contribution is 6.30. The molecule has 0 fully saturated rings. The van der Waals surface area contributed by atoms with Gasteiger partial charge in [-0.25, -0.2) is 9.50 Å². The molecule has 0 unspecified atom stereocenters. The largest absolute Gasteiger partial charge is 0.472 e. The molecule has 4 aromatic rings. The summed E-state index contributed by atoms with van der Waals surface area (Å²) >= 11 is 6.00. The summed E-state index contributed by atoms with van der Waals surface area (Å²) in [5.74, 6) is 0.532. The molecule has 26 heavy (non-hydrogen) atoms. The summed E-state index contributed by atoms with van der Waals surface area (Å²) in [5.41, 5.74) is 3.77. The summed E-state index contributed by atoms with van der Waals surface area (Å²) in [6.07, 6.45) is 5.82. The lowest BCUT2D eigenvalue weighted by molar-refractivity contribution is 0.289. The lowest BCUT2D eigenvalue weighted by Crippen LogP contribution is -2.01. The fraction of sp³-hybridized carbons (Fsp3) is 0.0476. The Bertz CT molecular complexity index is 1060. The molecule has 0 radical (unpaired) electrons. The zero-order valence-electron chi connectivity index (χ0n) is 13.9. The molecule has 0 saturated carbocycles. The van der Waals surface area contributed by atoms with Gasteiger partial charge >= 0.3 is 0 Å².